The average molecular weight is 458 g/mol. The Hall–Kier alpha value is -2.27. The molecule has 0 saturated carbocycles. The monoisotopic (exact) mass is 457 g/mol. The van der Waals surface area contributed by atoms with Crippen molar-refractivity contribution in [3.8, 4) is 11.3 Å². The number of pyridine rings is 1. The van der Waals surface area contributed by atoms with Crippen LogP contribution in [0.15, 0.2) is 48.0 Å². The van der Waals surface area contributed by atoms with E-state index in [1.807, 2.05) is 40.2 Å². The molecule has 0 aliphatic carbocycles. The van der Waals surface area contributed by atoms with Crippen molar-refractivity contribution in [2.75, 3.05) is 0 Å². The van der Waals surface area contributed by atoms with Crippen molar-refractivity contribution in [1.82, 2.24) is 4.98 Å². The van der Waals surface area contributed by atoms with Crippen LogP contribution in [-0.2, 0) is 5.41 Å². The van der Waals surface area contributed by atoms with Gasteiger partial charge in [-0.3, -0.25) is 4.98 Å². The van der Waals surface area contributed by atoms with Crippen molar-refractivity contribution >= 4 is 74.4 Å². The SMILES string of the molecule is Cc1sc2c(ccc3c4ccnc(-c5cc(C(C)(C)C)c6sccc6c5)c4sc32)c1C. The van der Waals surface area contributed by atoms with Gasteiger partial charge in [-0.05, 0) is 70.8 Å². The lowest BCUT2D eigenvalue weighted by molar-refractivity contribution is 0.597. The zero-order chi connectivity index (χ0) is 21.5. The third-order valence-electron chi connectivity index (χ3n) is 6.33. The minimum atomic E-state index is 0.0886. The number of hydrogen-bond acceptors (Lipinski definition) is 4. The summed E-state index contributed by atoms with van der Waals surface area (Å²) in [4.78, 5) is 6.32. The third-order valence-corrected chi connectivity index (χ3v) is 9.91. The minimum absolute atomic E-state index is 0.0886. The topological polar surface area (TPSA) is 12.9 Å². The lowest BCUT2D eigenvalue weighted by Crippen LogP contribution is -2.11. The number of fused-ring (bicyclic) bond motifs is 6. The molecule has 6 rings (SSSR count). The summed E-state index contributed by atoms with van der Waals surface area (Å²) >= 11 is 5.67. The van der Waals surface area contributed by atoms with Crippen molar-refractivity contribution in [2.24, 2.45) is 0 Å². The highest BCUT2D eigenvalue weighted by molar-refractivity contribution is 7.31. The van der Waals surface area contributed by atoms with Gasteiger partial charge in [0.1, 0.15) is 0 Å². The van der Waals surface area contributed by atoms with E-state index in [-0.39, 0.29) is 5.41 Å². The molecule has 1 nitrogen and oxygen atoms in total. The van der Waals surface area contributed by atoms with Crippen LogP contribution >= 0.6 is 34.0 Å². The summed E-state index contributed by atoms with van der Waals surface area (Å²) in [5.74, 6) is 0. The van der Waals surface area contributed by atoms with E-state index in [2.05, 4.69) is 76.4 Å². The number of benzene rings is 2. The number of hydrogen-bond donors (Lipinski definition) is 0. The molecule has 0 fully saturated rings. The number of aromatic nitrogens is 1. The number of aryl methyl sites for hydroxylation is 2. The van der Waals surface area contributed by atoms with E-state index in [4.69, 9.17) is 4.98 Å². The van der Waals surface area contributed by atoms with Gasteiger partial charge in [-0.1, -0.05) is 32.9 Å². The first kappa shape index (κ1) is 19.4. The molecule has 31 heavy (non-hydrogen) atoms. The van der Waals surface area contributed by atoms with Crippen molar-refractivity contribution in [1.29, 1.82) is 0 Å². The van der Waals surface area contributed by atoms with E-state index in [0.717, 1.165) is 5.69 Å². The van der Waals surface area contributed by atoms with Gasteiger partial charge in [0, 0.05) is 32.1 Å². The predicted molar refractivity (Wildman–Crippen MR) is 142 cm³/mol. The van der Waals surface area contributed by atoms with E-state index < -0.39 is 0 Å². The molecule has 0 unspecified atom stereocenters. The number of rotatable bonds is 1. The summed E-state index contributed by atoms with van der Waals surface area (Å²) in [5, 5.41) is 7.59. The maximum Gasteiger partial charge on any atom is 0.0880 e. The number of thiophene rings is 3. The van der Waals surface area contributed by atoms with E-state index in [0.29, 0.717) is 0 Å². The Morgan fingerprint density at radius 3 is 2.32 bits per heavy atom. The fraction of sp³-hybridized carbons (Fsp3) is 0.222. The van der Waals surface area contributed by atoms with Gasteiger partial charge in [-0.2, -0.15) is 0 Å². The van der Waals surface area contributed by atoms with E-state index >= 15 is 0 Å². The molecule has 6 aromatic rings. The molecule has 4 aromatic heterocycles. The number of nitrogens with zero attached hydrogens (tertiary/aromatic N) is 1. The highest BCUT2D eigenvalue weighted by Crippen LogP contribution is 2.46. The van der Waals surface area contributed by atoms with Gasteiger partial charge < -0.3 is 0 Å². The van der Waals surface area contributed by atoms with Gasteiger partial charge >= 0.3 is 0 Å². The van der Waals surface area contributed by atoms with Crippen LogP contribution in [0.5, 0.6) is 0 Å². The van der Waals surface area contributed by atoms with Crippen LogP contribution < -0.4 is 0 Å². The van der Waals surface area contributed by atoms with Crippen LogP contribution in [0.4, 0.5) is 0 Å². The summed E-state index contributed by atoms with van der Waals surface area (Å²) < 4.78 is 5.51. The largest absolute Gasteiger partial charge is 0.255 e. The lowest BCUT2D eigenvalue weighted by atomic mass is 9.85. The second kappa shape index (κ2) is 6.61. The van der Waals surface area contributed by atoms with Crippen LogP contribution in [-0.4, -0.2) is 4.98 Å². The van der Waals surface area contributed by atoms with Crippen LogP contribution in [0, 0.1) is 13.8 Å². The molecule has 4 heterocycles. The Morgan fingerprint density at radius 1 is 0.774 bits per heavy atom. The lowest BCUT2D eigenvalue weighted by Gasteiger charge is -2.21. The summed E-state index contributed by atoms with van der Waals surface area (Å²) in [6.45, 7) is 11.4. The van der Waals surface area contributed by atoms with Gasteiger partial charge in [0.05, 0.1) is 19.8 Å². The van der Waals surface area contributed by atoms with E-state index in [9.17, 15) is 0 Å². The second-order valence-corrected chi connectivity index (χ2v) is 12.5. The minimum Gasteiger partial charge on any atom is -0.255 e. The summed E-state index contributed by atoms with van der Waals surface area (Å²) in [6.07, 6.45) is 1.98. The smallest absolute Gasteiger partial charge is 0.0880 e. The molecule has 154 valence electrons. The van der Waals surface area contributed by atoms with Crippen LogP contribution in [0.1, 0.15) is 36.8 Å². The molecule has 0 atom stereocenters. The van der Waals surface area contributed by atoms with E-state index in [1.165, 1.54) is 61.9 Å². The van der Waals surface area contributed by atoms with Gasteiger partial charge in [-0.25, -0.2) is 0 Å². The third kappa shape index (κ3) is 2.82. The van der Waals surface area contributed by atoms with Crippen LogP contribution in [0.2, 0.25) is 0 Å². The Balaban J connectivity index is 1.70. The first-order valence-corrected chi connectivity index (χ1v) is 13.1. The maximum atomic E-state index is 4.91. The summed E-state index contributed by atoms with van der Waals surface area (Å²) in [6, 6.07) is 13.7. The van der Waals surface area contributed by atoms with Crippen molar-refractivity contribution in [2.45, 2.75) is 40.0 Å². The Morgan fingerprint density at radius 2 is 1.52 bits per heavy atom. The zero-order valence-electron chi connectivity index (χ0n) is 18.3. The highest BCUT2D eigenvalue weighted by atomic mass is 32.1. The normalized spacial score (nSPS) is 12.7. The average Bonchev–Trinajstić information content (AvgIpc) is 3.42. The van der Waals surface area contributed by atoms with Crippen LogP contribution in [0.3, 0.4) is 0 Å². The molecule has 4 heteroatoms. The van der Waals surface area contributed by atoms with Gasteiger partial charge in [0.15, 0.2) is 0 Å². The molecular weight excluding hydrogens is 435 g/mol. The first-order chi connectivity index (χ1) is 14.8. The second-order valence-electron chi connectivity index (χ2n) is 9.35. The Bertz CT molecular complexity index is 1640. The van der Waals surface area contributed by atoms with E-state index in [1.54, 1.807) is 0 Å². The molecule has 0 spiro atoms. The summed E-state index contributed by atoms with van der Waals surface area (Å²) in [5.41, 5.74) is 5.24. The fourth-order valence-electron chi connectivity index (χ4n) is 4.54. The maximum absolute atomic E-state index is 4.91. The molecule has 0 amide bonds. The van der Waals surface area contributed by atoms with Crippen molar-refractivity contribution in [3.63, 3.8) is 0 Å². The first-order valence-electron chi connectivity index (χ1n) is 10.5. The molecule has 0 bridgehead atoms. The zero-order valence-corrected chi connectivity index (χ0v) is 20.7. The fourth-order valence-corrected chi connectivity index (χ4v) is 8.25. The predicted octanol–water partition coefficient (Wildman–Crippen LogP) is 9.46. The van der Waals surface area contributed by atoms with Crippen LogP contribution in [0.25, 0.3) is 51.6 Å². The standard InChI is InChI=1S/C27H23NS3/c1-14-15(2)30-25-18(14)6-7-19-20-8-10-28-22(24(20)31-26(19)25)17-12-16-9-11-29-23(16)21(13-17)27(3,4)5/h6-13H,1-5H3. The molecule has 0 radical (unpaired) electrons. The molecule has 0 aliphatic rings. The highest BCUT2D eigenvalue weighted by Gasteiger charge is 2.21. The molecule has 0 N–H and O–H groups in total. The molecule has 2 aromatic carbocycles. The Kier molecular flexibility index (Phi) is 4.14. The van der Waals surface area contributed by atoms with Gasteiger partial charge in [0.25, 0.3) is 0 Å². The Labute approximate surface area is 194 Å². The quantitative estimate of drug-likeness (QED) is 0.239. The summed E-state index contributed by atoms with van der Waals surface area (Å²) in [7, 11) is 0. The van der Waals surface area contributed by atoms with Crippen molar-refractivity contribution < 1.29 is 0 Å². The molecule has 0 saturated heterocycles. The van der Waals surface area contributed by atoms with Gasteiger partial charge in [-0.15, -0.1) is 34.0 Å². The van der Waals surface area contributed by atoms with Gasteiger partial charge in [0.2, 0.25) is 0 Å². The molecule has 0 aliphatic heterocycles. The van der Waals surface area contributed by atoms with Crippen molar-refractivity contribution in [3.05, 3.63) is 64.0 Å². The molecular formula is C27H23NS3.